The number of nitrogens with zero attached hydrogens (tertiary/aromatic N) is 2. The Morgan fingerprint density at radius 2 is 1.68 bits per heavy atom. The number of amides is 2. The minimum absolute atomic E-state index is 0.000987. The van der Waals surface area contributed by atoms with E-state index in [4.69, 9.17) is 9.47 Å². The molecule has 0 aliphatic heterocycles. The molecule has 2 amide bonds. The molecule has 0 aliphatic carbocycles. The van der Waals surface area contributed by atoms with E-state index in [1.807, 2.05) is 30.3 Å². The number of benzene rings is 3. The average molecular weight is 539 g/mol. The van der Waals surface area contributed by atoms with Gasteiger partial charge in [0, 0.05) is 30.8 Å². The summed E-state index contributed by atoms with van der Waals surface area (Å²) >= 11 is 0. The molecular weight excluding hydrogens is 508 g/mol. The molecule has 3 aromatic rings. The topological polar surface area (TPSA) is 126 Å². The van der Waals surface area contributed by atoms with Crippen molar-refractivity contribution in [2.75, 3.05) is 32.6 Å². The standard InChI is InChI=1S/C27H30N4O6S/c1-20(32)29-23-10-13-25(14-11-23)38(34,35)31(16-15-21-7-5-4-6-8-21)19-27(33)30-28-18-22-9-12-24(36-2)17-26(22)37-3/h4-14,17-18H,15-16,19H2,1-3H3,(H,29,32)(H,30,33)/b28-18-. The molecule has 2 N–H and O–H groups in total. The zero-order valence-corrected chi connectivity index (χ0v) is 22.2. The molecule has 11 heteroatoms. The number of hydrogen-bond acceptors (Lipinski definition) is 7. The summed E-state index contributed by atoms with van der Waals surface area (Å²) in [5.41, 5.74) is 4.38. The smallest absolute Gasteiger partial charge is 0.255 e. The SMILES string of the molecule is COc1ccc(/C=N\NC(=O)CN(CCc2ccccc2)S(=O)(=O)c2ccc(NC(C)=O)cc2)c(OC)c1. The third kappa shape index (κ3) is 7.89. The highest BCUT2D eigenvalue weighted by atomic mass is 32.2. The molecule has 0 bridgehead atoms. The lowest BCUT2D eigenvalue weighted by atomic mass is 10.1. The van der Waals surface area contributed by atoms with Gasteiger partial charge in [-0.15, -0.1) is 0 Å². The van der Waals surface area contributed by atoms with Crippen LogP contribution >= 0.6 is 0 Å². The van der Waals surface area contributed by atoms with Crippen LogP contribution < -0.4 is 20.2 Å². The van der Waals surface area contributed by atoms with E-state index in [9.17, 15) is 18.0 Å². The van der Waals surface area contributed by atoms with Crippen LogP contribution in [0.1, 0.15) is 18.1 Å². The summed E-state index contributed by atoms with van der Waals surface area (Å²) in [7, 11) is -0.991. The number of sulfonamides is 1. The van der Waals surface area contributed by atoms with Gasteiger partial charge in [-0.1, -0.05) is 30.3 Å². The van der Waals surface area contributed by atoms with Crippen molar-refractivity contribution in [3.05, 3.63) is 83.9 Å². The largest absolute Gasteiger partial charge is 0.497 e. The predicted octanol–water partition coefficient (Wildman–Crippen LogP) is 3.05. The maximum atomic E-state index is 13.5. The minimum atomic E-state index is -4.03. The quantitative estimate of drug-likeness (QED) is 0.270. The van der Waals surface area contributed by atoms with Gasteiger partial charge in [0.1, 0.15) is 11.5 Å². The van der Waals surface area contributed by atoms with Gasteiger partial charge in [-0.05, 0) is 48.4 Å². The lowest BCUT2D eigenvalue weighted by Crippen LogP contribution is -2.40. The van der Waals surface area contributed by atoms with E-state index in [0.29, 0.717) is 29.2 Å². The van der Waals surface area contributed by atoms with Crippen molar-refractivity contribution in [1.29, 1.82) is 0 Å². The molecule has 200 valence electrons. The average Bonchev–Trinajstić information content (AvgIpc) is 2.91. The van der Waals surface area contributed by atoms with Gasteiger partial charge in [-0.3, -0.25) is 9.59 Å². The first-order chi connectivity index (χ1) is 18.2. The van der Waals surface area contributed by atoms with E-state index in [1.54, 1.807) is 18.2 Å². The van der Waals surface area contributed by atoms with E-state index < -0.39 is 22.5 Å². The fraction of sp³-hybridized carbons (Fsp3) is 0.222. The summed E-state index contributed by atoms with van der Waals surface area (Å²) in [5.74, 6) is 0.222. The summed E-state index contributed by atoms with van der Waals surface area (Å²) in [6, 6.07) is 20.3. The van der Waals surface area contributed by atoms with E-state index >= 15 is 0 Å². The monoisotopic (exact) mass is 538 g/mol. The number of hydrogen-bond donors (Lipinski definition) is 2. The van der Waals surface area contributed by atoms with Crippen LogP contribution in [0.5, 0.6) is 11.5 Å². The Morgan fingerprint density at radius 3 is 2.32 bits per heavy atom. The molecule has 0 aliphatic rings. The zero-order valence-electron chi connectivity index (χ0n) is 21.4. The van der Waals surface area contributed by atoms with Gasteiger partial charge in [-0.2, -0.15) is 9.41 Å². The number of carbonyl (C=O) groups is 2. The van der Waals surface area contributed by atoms with Gasteiger partial charge < -0.3 is 14.8 Å². The number of methoxy groups -OCH3 is 2. The number of hydrazone groups is 1. The molecule has 0 saturated heterocycles. The van der Waals surface area contributed by atoms with Crippen LogP contribution in [0.4, 0.5) is 5.69 Å². The van der Waals surface area contributed by atoms with Crippen molar-refractivity contribution in [2.45, 2.75) is 18.2 Å². The van der Waals surface area contributed by atoms with Crippen molar-refractivity contribution in [3.8, 4) is 11.5 Å². The zero-order chi connectivity index (χ0) is 27.5. The number of nitrogens with one attached hydrogen (secondary N) is 2. The van der Waals surface area contributed by atoms with Gasteiger partial charge >= 0.3 is 0 Å². The summed E-state index contributed by atoms with van der Waals surface area (Å²) in [6.07, 6.45) is 1.81. The highest BCUT2D eigenvalue weighted by molar-refractivity contribution is 7.89. The fourth-order valence-electron chi connectivity index (χ4n) is 3.54. The first-order valence-electron chi connectivity index (χ1n) is 11.7. The van der Waals surface area contributed by atoms with Crippen molar-refractivity contribution in [2.24, 2.45) is 5.10 Å². The van der Waals surface area contributed by atoms with Crippen molar-refractivity contribution in [3.63, 3.8) is 0 Å². The fourth-order valence-corrected chi connectivity index (χ4v) is 4.94. The molecule has 3 aromatic carbocycles. The predicted molar refractivity (Wildman–Crippen MR) is 145 cm³/mol. The molecule has 10 nitrogen and oxygen atoms in total. The lowest BCUT2D eigenvalue weighted by molar-refractivity contribution is -0.121. The normalized spacial score (nSPS) is 11.4. The van der Waals surface area contributed by atoms with E-state index in [-0.39, 0.29) is 17.3 Å². The van der Waals surface area contributed by atoms with Gasteiger partial charge in [-0.25, -0.2) is 13.8 Å². The van der Waals surface area contributed by atoms with Crippen LogP contribution in [-0.2, 0) is 26.0 Å². The van der Waals surface area contributed by atoms with Crippen LogP contribution in [0.25, 0.3) is 0 Å². The molecule has 0 radical (unpaired) electrons. The van der Waals surface area contributed by atoms with E-state index in [2.05, 4.69) is 15.8 Å². The lowest BCUT2D eigenvalue weighted by Gasteiger charge is -2.21. The van der Waals surface area contributed by atoms with Gasteiger partial charge in [0.2, 0.25) is 15.9 Å². The highest BCUT2D eigenvalue weighted by Crippen LogP contribution is 2.23. The molecule has 0 atom stereocenters. The molecule has 38 heavy (non-hydrogen) atoms. The second-order valence-corrected chi connectivity index (χ2v) is 10.1. The number of ether oxygens (including phenoxy) is 2. The van der Waals surface area contributed by atoms with E-state index in [0.717, 1.165) is 9.87 Å². The van der Waals surface area contributed by atoms with Crippen LogP contribution in [0.15, 0.2) is 82.8 Å². The van der Waals surface area contributed by atoms with Gasteiger partial charge in [0.15, 0.2) is 0 Å². The molecule has 0 saturated carbocycles. The Balaban J connectivity index is 1.76. The summed E-state index contributed by atoms with van der Waals surface area (Å²) in [6.45, 7) is 0.991. The Hall–Kier alpha value is -4.22. The van der Waals surface area contributed by atoms with Crippen LogP contribution in [-0.4, -0.2) is 58.1 Å². The second-order valence-electron chi connectivity index (χ2n) is 8.18. The third-order valence-corrected chi connectivity index (χ3v) is 7.32. The van der Waals surface area contributed by atoms with E-state index in [1.165, 1.54) is 51.6 Å². The Bertz CT molecular complexity index is 1380. The second kappa shape index (κ2) is 13.4. The van der Waals surface area contributed by atoms with Crippen LogP contribution in [0.2, 0.25) is 0 Å². The Morgan fingerprint density at radius 1 is 0.974 bits per heavy atom. The minimum Gasteiger partial charge on any atom is -0.497 e. The number of anilines is 1. The highest BCUT2D eigenvalue weighted by Gasteiger charge is 2.26. The molecule has 0 unspecified atom stereocenters. The van der Waals surface area contributed by atoms with Gasteiger partial charge in [0.05, 0.1) is 31.9 Å². The summed E-state index contributed by atoms with van der Waals surface area (Å²) in [5, 5.41) is 6.56. The molecule has 0 aromatic heterocycles. The summed E-state index contributed by atoms with van der Waals surface area (Å²) < 4.78 is 38.5. The maximum absolute atomic E-state index is 13.5. The molecule has 0 heterocycles. The molecule has 3 rings (SSSR count). The van der Waals surface area contributed by atoms with Crippen molar-refractivity contribution in [1.82, 2.24) is 9.73 Å². The molecule has 0 spiro atoms. The first-order valence-corrected chi connectivity index (χ1v) is 13.1. The summed E-state index contributed by atoms with van der Waals surface area (Å²) in [4.78, 5) is 24.0. The van der Waals surface area contributed by atoms with Crippen LogP contribution in [0, 0.1) is 0 Å². The Labute approximate surface area is 222 Å². The molecular formula is C27H30N4O6S. The van der Waals surface area contributed by atoms with Crippen molar-refractivity contribution >= 4 is 33.7 Å². The maximum Gasteiger partial charge on any atom is 0.255 e. The van der Waals surface area contributed by atoms with Crippen LogP contribution in [0.3, 0.4) is 0 Å². The third-order valence-electron chi connectivity index (χ3n) is 5.46. The first kappa shape index (κ1) is 28.4. The molecule has 0 fully saturated rings. The number of rotatable bonds is 12. The number of carbonyl (C=O) groups excluding carboxylic acids is 2. The van der Waals surface area contributed by atoms with Crippen molar-refractivity contribution < 1.29 is 27.5 Å². The van der Waals surface area contributed by atoms with Gasteiger partial charge in [0.25, 0.3) is 5.91 Å². The Kier molecular flexibility index (Phi) is 9.97.